The van der Waals surface area contributed by atoms with Crippen LogP contribution < -0.4 is 10.9 Å². The zero-order chi connectivity index (χ0) is 18.7. The van der Waals surface area contributed by atoms with Crippen molar-refractivity contribution in [2.75, 3.05) is 0 Å². The van der Waals surface area contributed by atoms with Gasteiger partial charge >= 0.3 is 6.92 Å². The number of nitrogens with zero attached hydrogens (tertiary/aromatic N) is 1. The first-order chi connectivity index (χ1) is 12.4. The van der Waals surface area contributed by atoms with Crippen molar-refractivity contribution in [2.45, 2.75) is 19.4 Å². The molecule has 0 aliphatic heterocycles. The SMILES string of the molecule is CC(C)(OB(c1cccc(Cl)c1)c1cccc(Cl)c1)c1ncccc1O. The summed E-state index contributed by atoms with van der Waals surface area (Å²) in [4.78, 5) is 4.30. The molecular formula is C20H18BCl2NO2. The third-order valence-electron chi connectivity index (χ3n) is 4.07. The first kappa shape index (κ1) is 18.8. The van der Waals surface area contributed by atoms with E-state index in [4.69, 9.17) is 27.9 Å². The fraction of sp³-hybridized carbons (Fsp3) is 0.150. The number of aromatic hydroxyl groups is 1. The zero-order valence-corrected chi connectivity index (χ0v) is 16.0. The van der Waals surface area contributed by atoms with E-state index in [1.807, 2.05) is 62.4 Å². The van der Waals surface area contributed by atoms with Crippen LogP contribution in [-0.4, -0.2) is 17.0 Å². The molecule has 0 radical (unpaired) electrons. The number of hydrogen-bond donors (Lipinski definition) is 1. The molecule has 26 heavy (non-hydrogen) atoms. The molecule has 0 aliphatic carbocycles. The van der Waals surface area contributed by atoms with E-state index in [1.54, 1.807) is 18.3 Å². The van der Waals surface area contributed by atoms with Crippen LogP contribution in [0.25, 0.3) is 0 Å². The first-order valence-electron chi connectivity index (χ1n) is 8.20. The second-order valence-corrected chi connectivity index (χ2v) is 7.36. The van der Waals surface area contributed by atoms with Gasteiger partial charge in [0.25, 0.3) is 0 Å². The zero-order valence-electron chi connectivity index (χ0n) is 14.5. The van der Waals surface area contributed by atoms with Crippen LogP contribution in [0.4, 0.5) is 0 Å². The highest BCUT2D eigenvalue weighted by Gasteiger charge is 2.34. The summed E-state index contributed by atoms with van der Waals surface area (Å²) in [5.41, 5.74) is 1.40. The Morgan fingerprint density at radius 3 is 2.00 bits per heavy atom. The minimum absolute atomic E-state index is 0.0911. The summed E-state index contributed by atoms with van der Waals surface area (Å²) in [5.74, 6) is 0.0911. The lowest BCUT2D eigenvalue weighted by atomic mass is 9.55. The fourth-order valence-corrected chi connectivity index (χ4v) is 3.28. The molecule has 0 unspecified atom stereocenters. The van der Waals surface area contributed by atoms with Gasteiger partial charge in [-0.25, -0.2) is 0 Å². The van der Waals surface area contributed by atoms with Gasteiger partial charge in [0.2, 0.25) is 0 Å². The molecule has 0 bridgehead atoms. The number of pyridine rings is 1. The van der Waals surface area contributed by atoms with Crippen LogP contribution in [0.5, 0.6) is 5.75 Å². The monoisotopic (exact) mass is 385 g/mol. The minimum atomic E-state index is -0.847. The molecule has 3 aromatic rings. The predicted molar refractivity (Wildman–Crippen MR) is 108 cm³/mol. The molecule has 0 saturated carbocycles. The average Bonchev–Trinajstić information content (AvgIpc) is 2.60. The van der Waals surface area contributed by atoms with Crippen LogP contribution in [0, 0.1) is 0 Å². The van der Waals surface area contributed by atoms with Gasteiger partial charge in [0, 0.05) is 16.2 Å². The number of hydrogen-bond acceptors (Lipinski definition) is 3. The Hall–Kier alpha value is -2.01. The van der Waals surface area contributed by atoms with Crippen molar-refractivity contribution in [1.82, 2.24) is 4.98 Å². The van der Waals surface area contributed by atoms with E-state index in [1.165, 1.54) is 0 Å². The number of benzene rings is 2. The molecule has 1 N–H and O–H groups in total. The maximum absolute atomic E-state index is 10.2. The number of halogens is 2. The third-order valence-corrected chi connectivity index (χ3v) is 4.54. The molecule has 0 saturated heterocycles. The van der Waals surface area contributed by atoms with Gasteiger partial charge in [0.1, 0.15) is 11.4 Å². The molecule has 6 heteroatoms. The number of rotatable bonds is 5. The predicted octanol–water partition coefficient (Wildman–Crippen LogP) is 4.15. The van der Waals surface area contributed by atoms with E-state index < -0.39 is 12.5 Å². The van der Waals surface area contributed by atoms with E-state index in [2.05, 4.69) is 4.98 Å². The molecule has 0 atom stereocenters. The maximum atomic E-state index is 10.2. The number of aromatic nitrogens is 1. The summed E-state index contributed by atoms with van der Waals surface area (Å²) in [7, 11) is 0. The molecule has 2 aromatic carbocycles. The second-order valence-electron chi connectivity index (χ2n) is 6.49. The van der Waals surface area contributed by atoms with Crippen molar-refractivity contribution in [3.63, 3.8) is 0 Å². The summed E-state index contributed by atoms with van der Waals surface area (Å²) in [6.45, 7) is 3.32. The lowest BCUT2D eigenvalue weighted by Crippen LogP contribution is -2.49. The van der Waals surface area contributed by atoms with E-state index in [0.29, 0.717) is 15.7 Å². The highest BCUT2D eigenvalue weighted by atomic mass is 35.5. The third kappa shape index (κ3) is 4.21. The van der Waals surface area contributed by atoms with Gasteiger partial charge in [-0.15, -0.1) is 0 Å². The smallest absolute Gasteiger partial charge is 0.362 e. The van der Waals surface area contributed by atoms with Crippen LogP contribution in [-0.2, 0) is 10.3 Å². The highest BCUT2D eigenvalue weighted by molar-refractivity contribution is 6.80. The molecule has 1 heterocycles. The van der Waals surface area contributed by atoms with Gasteiger partial charge in [-0.1, -0.05) is 47.5 Å². The van der Waals surface area contributed by atoms with Gasteiger partial charge in [-0.3, -0.25) is 4.98 Å². The van der Waals surface area contributed by atoms with Gasteiger partial charge in [0.15, 0.2) is 0 Å². The molecule has 3 rings (SSSR count). The average molecular weight is 386 g/mol. The molecule has 0 amide bonds. The second kappa shape index (κ2) is 7.71. The van der Waals surface area contributed by atoms with E-state index in [0.717, 1.165) is 10.9 Å². The van der Waals surface area contributed by atoms with Crippen molar-refractivity contribution in [3.05, 3.63) is 82.6 Å². The lowest BCUT2D eigenvalue weighted by Gasteiger charge is -2.30. The maximum Gasteiger partial charge on any atom is 0.362 e. The molecule has 0 spiro atoms. The van der Waals surface area contributed by atoms with Gasteiger partial charge < -0.3 is 9.76 Å². The van der Waals surface area contributed by atoms with Crippen LogP contribution in [0.1, 0.15) is 19.5 Å². The Kier molecular flexibility index (Phi) is 5.56. The van der Waals surface area contributed by atoms with Crippen LogP contribution in [0.15, 0.2) is 66.9 Å². The molecule has 3 nitrogen and oxygen atoms in total. The fourth-order valence-electron chi connectivity index (χ4n) is 2.88. The van der Waals surface area contributed by atoms with E-state index in [9.17, 15) is 5.11 Å². The van der Waals surface area contributed by atoms with Crippen molar-refractivity contribution in [3.8, 4) is 5.75 Å². The van der Waals surface area contributed by atoms with E-state index in [-0.39, 0.29) is 5.75 Å². The first-order valence-corrected chi connectivity index (χ1v) is 8.95. The van der Waals surface area contributed by atoms with Crippen molar-refractivity contribution in [1.29, 1.82) is 0 Å². The summed E-state index contributed by atoms with van der Waals surface area (Å²) < 4.78 is 6.45. The molecule has 1 aromatic heterocycles. The Morgan fingerprint density at radius 1 is 0.923 bits per heavy atom. The van der Waals surface area contributed by atoms with Crippen LogP contribution >= 0.6 is 23.2 Å². The highest BCUT2D eigenvalue weighted by Crippen LogP contribution is 2.30. The quantitative estimate of drug-likeness (QED) is 0.670. The Morgan fingerprint density at radius 2 is 1.50 bits per heavy atom. The Bertz CT molecular complexity index is 872. The van der Waals surface area contributed by atoms with Crippen LogP contribution in [0.3, 0.4) is 0 Å². The molecular weight excluding hydrogens is 368 g/mol. The molecule has 132 valence electrons. The normalized spacial score (nSPS) is 11.4. The molecule has 0 fully saturated rings. The lowest BCUT2D eigenvalue weighted by molar-refractivity contribution is 0.104. The van der Waals surface area contributed by atoms with Gasteiger partial charge in [0.05, 0.1) is 5.60 Å². The minimum Gasteiger partial charge on any atom is -0.506 e. The van der Waals surface area contributed by atoms with Gasteiger partial charge in [-0.05, 0) is 61.2 Å². The Labute approximate surface area is 163 Å². The summed E-state index contributed by atoms with van der Waals surface area (Å²) >= 11 is 12.4. The van der Waals surface area contributed by atoms with Crippen molar-refractivity contribution in [2.24, 2.45) is 0 Å². The molecule has 0 aliphatic rings. The topological polar surface area (TPSA) is 42.4 Å². The standard InChI is InChI=1S/C20H18BCl2NO2/c1-20(2,19-18(25)10-5-11-24-19)26-21(14-6-3-8-16(22)12-14)15-7-4-9-17(23)13-15/h3-13,25H,1-2H3. The largest absolute Gasteiger partial charge is 0.506 e. The Balaban J connectivity index is 2.05. The summed E-state index contributed by atoms with van der Waals surface area (Å²) in [5, 5.41) is 11.4. The van der Waals surface area contributed by atoms with Crippen LogP contribution in [0.2, 0.25) is 10.0 Å². The van der Waals surface area contributed by atoms with E-state index >= 15 is 0 Å². The summed E-state index contributed by atoms with van der Waals surface area (Å²) in [6, 6.07) is 18.3. The van der Waals surface area contributed by atoms with Gasteiger partial charge in [-0.2, -0.15) is 0 Å². The van der Waals surface area contributed by atoms with Crippen molar-refractivity contribution >= 4 is 41.0 Å². The van der Waals surface area contributed by atoms with Crippen molar-refractivity contribution < 1.29 is 9.76 Å². The summed E-state index contributed by atoms with van der Waals surface area (Å²) in [6.07, 6.45) is 1.63.